The van der Waals surface area contributed by atoms with Gasteiger partial charge in [-0.2, -0.15) is 9.78 Å². The number of carbonyl (C=O) groups excluding carboxylic acids is 1. The molecule has 0 fully saturated rings. The van der Waals surface area contributed by atoms with E-state index >= 15 is 0 Å². The van der Waals surface area contributed by atoms with E-state index in [2.05, 4.69) is 15.7 Å². The number of anilines is 2. The number of halogens is 1. The molecule has 0 aliphatic carbocycles. The zero-order valence-corrected chi connectivity index (χ0v) is 19.0. The maximum atomic E-state index is 13.2. The van der Waals surface area contributed by atoms with Crippen LogP contribution in [0.4, 0.5) is 11.4 Å². The van der Waals surface area contributed by atoms with Crippen molar-refractivity contribution < 1.29 is 9.53 Å². The third-order valence-corrected chi connectivity index (χ3v) is 4.83. The lowest BCUT2D eigenvalue weighted by molar-refractivity contribution is 0.0951. The molecule has 168 valence electrons. The zero-order chi connectivity index (χ0) is 23.1. The fourth-order valence-corrected chi connectivity index (χ4v) is 3.06. The van der Waals surface area contributed by atoms with Crippen molar-refractivity contribution in [2.45, 2.75) is 6.92 Å². The molecule has 0 unspecified atom stereocenters. The highest BCUT2D eigenvalue weighted by Crippen LogP contribution is 2.24. The average molecular weight is 456 g/mol. The molecule has 2 N–H and O–H groups in total. The average Bonchev–Trinajstić information content (AvgIpc) is 2.77. The molecule has 0 bridgehead atoms. The first kappa shape index (κ1) is 23.3. The van der Waals surface area contributed by atoms with Crippen molar-refractivity contribution in [2.75, 3.05) is 39.1 Å². The number of ether oxygens (including phenoxy) is 1. The SMILES string of the molecule is CCOc1cnn(-c2ccc(Cl)cc2)c(=O)c1Nc1ccc(C(=O)NCCN(C)C)cc1. The Morgan fingerprint density at radius 2 is 1.81 bits per heavy atom. The van der Waals surface area contributed by atoms with Crippen LogP contribution >= 0.6 is 11.6 Å². The minimum absolute atomic E-state index is 0.151. The number of hydrogen-bond donors (Lipinski definition) is 2. The number of benzene rings is 2. The number of carbonyl (C=O) groups is 1. The molecule has 9 heteroatoms. The first-order valence-corrected chi connectivity index (χ1v) is 10.6. The molecule has 32 heavy (non-hydrogen) atoms. The fourth-order valence-electron chi connectivity index (χ4n) is 2.93. The monoisotopic (exact) mass is 455 g/mol. The van der Waals surface area contributed by atoms with E-state index in [0.29, 0.717) is 40.9 Å². The summed E-state index contributed by atoms with van der Waals surface area (Å²) in [6.07, 6.45) is 1.49. The van der Waals surface area contributed by atoms with Crippen molar-refractivity contribution in [3.8, 4) is 11.4 Å². The normalized spacial score (nSPS) is 10.8. The van der Waals surface area contributed by atoms with Gasteiger partial charge in [-0.1, -0.05) is 11.6 Å². The predicted octanol–water partition coefficient (Wildman–Crippen LogP) is 3.32. The molecule has 0 atom stereocenters. The van der Waals surface area contributed by atoms with Crippen LogP contribution in [-0.2, 0) is 0 Å². The van der Waals surface area contributed by atoms with E-state index in [1.54, 1.807) is 48.5 Å². The Labute approximate surface area is 191 Å². The summed E-state index contributed by atoms with van der Waals surface area (Å²) in [5, 5.41) is 10.8. The predicted molar refractivity (Wildman–Crippen MR) is 127 cm³/mol. The van der Waals surface area contributed by atoms with Gasteiger partial charge in [0.15, 0.2) is 11.4 Å². The van der Waals surface area contributed by atoms with Crippen LogP contribution < -0.4 is 20.9 Å². The number of aromatic nitrogens is 2. The van der Waals surface area contributed by atoms with Crippen molar-refractivity contribution in [3.05, 3.63) is 75.7 Å². The summed E-state index contributed by atoms with van der Waals surface area (Å²) in [6, 6.07) is 13.7. The van der Waals surface area contributed by atoms with Gasteiger partial charge in [-0.3, -0.25) is 9.59 Å². The van der Waals surface area contributed by atoms with Gasteiger partial charge in [0.25, 0.3) is 11.5 Å². The smallest absolute Gasteiger partial charge is 0.299 e. The van der Waals surface area contributed by atoms with E-state index in [1.807, 2.05) is 25.9 Å². The summed E-state index contributed by atoms with van der Waals surface area (Å²) in [5.41, 5.74) is 1.63. The van der Waals surface area contributed by atoms with Crippen molar-refractivity contribution >= 4 is 28.9 Å². The van der Waals surface area contributed by atoms with Gasteiger partial charge in [-0.05, 0) is 69.6 Å². The fraction of sp³-hybridized carbons (Fsp3) is 0.261. The maximum absolute atomic E-state index is 13.2. The van der Waals surface area contributed by atoms with E-state index in [1.165, 1.54) is 10.9 Å². The number of rotatable bonds is 9. The Hall–Kier alpha value is -3.36. The van der Waals surface area contributed by atoms with Gasteiger partial charge >= 0.3 is 0 Å². The van der Waals surface area contributed by atoms with Gasteiger partial charge in [-0.25, -0.2) is 0 Å². The molecule has 0 aliphatic rings. The first-order chi connectivity index (χ1) is 15.4. The molecule has 0 aliphatic heterocycles. The van der Waals surface area contributed by atoms with Crippen LogP contribution in [0.2, 0.25) is 5.02 Å². The Morgan fingerprint density at radius 3 is 2.44 bits per heavy atom. The summed E-state index contributed by atoms with van der Waals surface area (Å²) in [7, 11) is 3.90. The van der Waals surface area contributed by atoms with Gasteiger partial charge in [-0.15, -0.1) is 0 Å². The third kappa shape index (κ3) is 5.87. The van der Waals surface area contributed by atoms with E-state index in [4.69, 9.17) is 16.3 Å². The summed E-state index contributed by atoms with van der Waals surface area (Å²) < 4.78 is 6.87. The molecule has 0 spiro atoms. The topological polar surface area (TPSA) is 88.5 Å². The van der Waals surface area contributed by atoms with E-state index in [9.17, 15) is 9.59 Å². The lowest BCUT2D eigenvalue weighted by Crippen LogP contribution is -2.31. The van der Waals surface area contributed by atoms with Crippen molar-refractivity contribution in [3.63, 3.8) is 0 Å². The molecular weight excluding hydrogens is 430 g/mol. The lowest BCUT2D eigenvalue weighted by atomic mass is 10.2. The first-order valence-electron chi connectivity index (χ1n) is 10.2. The van der Waals surface area contributed by atoms with Gasteiger partial charge in [0, 0.05) is 29.4 Å². The summed E-state index contributed by atoms with van der Waals surface area (Å²) >= 11 is 5.95. The Morgan fingerprint density at radius 1 is 1.12 bits per heavy atom. The van der Waals surface area contributed by atoms with Gasteiger partial charge < -0.3 is 20.3 Å². The van der Waals surface area contributed by atoms with Crippen LogP contribution in [0.5, 0.6) is 5.75 Å². The highest BCUT2D eigenvalue weighted by atomic mass is 35.5. The standard InChI is InChI=1S/C23H26ClN5O3/c1-4-32-20-15-26-29(19-11-7-17(24)8-12-19)23(31)21(20)27-18-9-5-16(6-10-18)22(30)25-13-14-28(2)3/h5-12,15,27H,4,13-14H2,1-3H3,(H,25,30). The van der Waals surface area contributed by atoms with Crippen LogP contribution in [-0.4, -0.2) is 54.4 Å². The summed E-state index contributed by atoms with van der Waals surface area (Å²) in [4.78, 5) is 27.4. The Kier molecular flexibility index (Phi) is 7.86. The van der Waals surface area contributed by atoms with Gasteiger partial charge in [0.2, 0.25) is 0 Å². The molecule has 3 aromatic rings. The minimum atomic E-state index is -0.372. The Balaban J connectivity index is 1.84. The van der Waals surface area contributed by atoms with Crippen molar-refractivity contribution in [2.24, 2.45) is 0 Å². The van der Waals surface area contributed by atoms with Gasteiger partial charge in [0.1, 0.15) is 0 Å². The van der Waals surface area contributed by atoms with Crippen LogP contribution in [0.25, 0.3) is 5.69 Å². The minimum Gasteiger partial charge on any atom is -0.490 e. The quantitative estimate of drug-likeness (QED) is 0.514. The second-order valence-electron chi connectivity index (χ2n) is 7.27. The van der Waals surface area contributed by atoms with Crippen LogP contribution in [0.1, 0.15) is 17.3 Å². The number of nitrogens with zero attached hydrogens (tertiary/aromatic N) is 3. The second-order valence-corrected chi connectivity index (χ2v) is 7.71. The lowest BCUT2D eigenvalue weighted by Gasteiger charge is -2.14. The largest absolute Gasteiger partial charge is 0.490 e. The van der Waals surface area contributed by atoms with Crippen LogP contribution in [0.3, 0.4) is 0 Å². The molecule has 1 heterocycles. The zero-order valence-electron chi connectivity index (χ0n) is 18.3. The second kappa shape index (κ2) is 10.8. The van der Waals surface area contributed by atoms with E-state index < -0.39 is 0 Å². The molecule has 2 aromatic carbocycles. The molecule has 1 aromatic heterocycles. The van der Waals surface area contributed by atoms with Crippen molar-refractivity contribution in [1.82, 2.24) is 20.0 Å². The maximum Gasteiger partial charge on any atom is 0.299 e. The molecule has 8 nitrogen and oxygen atoms in total. The van der Waals surface area contributed by atoms with E-state index in [-0.39, 0.29) is 17.2 Å². The number of nitrogens with one attached hydrogen (secondary N) is 2. The summed E-state index contributed by atoms with van der Waals surface area (Å²) in [5.74, 6) is 0.190. The highest BCUT2D eigenvalue weighted by Gasteiger charge is 2.15. The molecule has 1 amide bonds. The summed E-state index contributed by atoms with van der Waals surface area (Å²) in [6.45, 7) is 3.53. The third-order valence-electron chi connectivity index (χ3n) is 4.58. The molecule has 0 saturated carbocycles. The molecular formula is C23H26ClN5O3. The number of likely N-dealkylation sites (N-methyl/N-ethyl adjacent to an activating group) is 1. The van der Waals surface area contributed by atoms with Gasteiger partial charge in [0.05, 0.1) is 18.5 Å². The highest BCUT2D eigenvalue weighted by molar-refractivity contribution is 6.30. The van der Waals surface area contributed by atoms with Crippen LogP contribution in [0, 0.1) is 0 Å². The molecule has 0 saturated heterocycles. The Bertz CT molecular complexity index is 1110. The number of amides is 1. The van der Waals surface area contributed by atoms with Crippen molar-refractivity contribution in [1.29, 1.82) is 0 Å². The molecule has 3 rings (SSSR count). The van der Waals surface area contributed by atoms with E-state index in [0.717, 1.165) is 6.54 Å². The molecule has 0 radical (unpaired) electrons. The number of hydrogen-bond acceptors (Lipinski definition) is 6. The van der Waals surface area contributed by atoms with Crippen LogP contribution in [0.15, 0.2) is 59.5 Å².